The summed E-state index contributed by atoms with van der Waals surface area (Å²) >= 11 is 0. The number of anilines is 1. The number of carboxylic acids is 1. The highest BCUT2D eigenvalue weighted by molar-refractivity contribution is 5.87. The summed E-state index contributed by atoms with van der Waals surface area (Å²) in [5.41, 5.74) is 2.17. The Labute approximate surface area is 231 Å². The fourth-order valence-electron chi connectivity index (χ4n) is 6.62. The van der Waals surface area contributed by atoms with Crippen LogP contribution in [0, 0.1) is 35.5 Å². The predicted molar refractivity (Wildman–Crippen MR) is 149 cm³/mol. The van der Waals surface area contributed by atoms with Crippen molar-refractivity contribution in [3.8, 4) is 6.07 Å². The SMILES string of the molecule is COCc1cc(C)nc(N[C@H]2[C@H](C(C)(C)C)[C@@H](C(=O)O)N(C(=O)C3CCCCC3)[C@H]2c2ccccc2)c1C#N. The minimum Gasteiger partial charge on any atom is -0.480 e. The molecule has 2 heterocycles. The Balaban J connectivity index is 1.91. The lowest BCUT2D eigenvalue weighted by molar-refractivity contribution is -0.154. The van der Waals surface area contributed by atoms with E-state index in [1.807, 2.05) is 64.1 Å². The van der Waals surface area contributed by atoms with Gasteiger partial charge in [0.2, 0.25) is 5.91 Å². The molecule has 208 valence electrons. The van der Waals surface area contributed by atoms with Crippen LogP contribution in [-0.2, 0) is 20.9 Å². The van der Waals surface area contributed by atoms with Crippen LogP contribution in [0.3, 0.4) is 0 Å². The van der Waals surface area contributed by atoms with Crippen LogP contribution >= 0.6 is 0 Å². The number of ether oxygens (including phenoxy) is 1. The molecule has 0 radical (unpaired) electrons. The summed E-state index contributed by atoms with van der Waals surface area (Å²) in [6.07, 6.45) is 4.61. The fourth-order valence-corrected chi connectivity index (χ4v) is 6.62. The number of aryl methyl sites for hydroxylation is 1. The number of rotatable bonds is 7. The third-order valence-corrected chi connectivity index (χ3v) is 8.21. The zero-order valence-electron chi connectivity index (χ0n) is 23.6. The number of likely N-dealkylation sites (tertiary alicyclic amines) is 1. The van der Waals surface area contributed by atoms with Crippen molar-refractivity contribution < 1.29 is 19.4 Å². The summed E-state index contributed by atoms with van der Waals surface area (Å²) in [6.45, 7) is 8.16. The molecule has 2 fully saturated rings. The Bertz CT molecular complexity index is 1230. The van der Waals surface area contributed by atoms with Crippen molar-refractivity contribution in [2.45, 2.75) is 84.5 Å². The number of aromatic nitrogens is 1. The van der Waals surface area contributed by atoms with Gasteiger partial charge in [-0.05, 0) is 36.8 Å². The van der Waals surface area contributed by atoms with Crippen LogP contribution in [-0.4, -0.2) is 46.1 Å². The van der Waals surface area contributed by atoms with E-state index in [9.17, 15) is 20.0 Å². The molecule has 0 unspecified atom stereocenters. The van der Waals surface area contributed by atoms with E-state index >= 15 is 0 Å². The van der Waals surface area contributed by atoms with Crippen molar-refractivity contribution in [3.63, 3.8) is 0 Å². The molecule has 1 aliphatic carbocycles. The van der Waals surface area contributed by atoms with E-state index in [4.69, 9.17) is 4.74 Å². The second-order valence-corrected chi connectivity index (χ2v) is 12.0. The highest BCUT2D eigenvalue weighted by Crippen LogP contribution is 2.50. The zero-order valence-corrected chi connectivity index (χ0v) is 23.6. The van der Waals surface area contributed by atoms with E-state index in [1.165, 1.54) is 0 Å². The molecule has 39 heavy (non-hydrogen) atoms. The number of carboxylic acid groups (broad SMARTS) is 1. The van der Waals surface area contributed by atoms with Gasteiger partial charge in [0.1, 0.15) is 17.9 Å². The van der Waals surface area contributed by atoms with E-state index in [-0.39, 0.29) is 18.4 Å². The average Bonchev–Trinajstić information content (AvgIpc) is 3.25. The van der Waals surface area contributed by atoms with Crippen LogP contribution in [0.2, 0.25) is 0 Å². The van der Waals surface area contributed by atoms with Crippen LogP contribution in [0.15, 0.2) is 36.4 Å². The molecule has 0 bridgehead atoms. The van der Waals surface area contributed by atoms with Gasteiger partial charge in [-0.3, -0.25) is 4.79 Å². The number of nitrogens with zero attached hydrogens (tertiary/aromatic N) is 3. The molecule has 4 atom stereocenters. The number of hydrogen-bond acceptors (Lipinski definition) is 6. The number of pyridine rings is 1. The predicted octanol–water partition coefficient (Wildman–Crippen LogP) is 5.47. The highest BCUT2D eigenvalue weighted by Gasteiger charge is 2.58. The molecule has 8 nitrogen and oxygen atoms in total. The number of carbonyl (C=O) groups is 2. The third-order valence-electron chi connectivity index (χ3n) is 8.21. The second kappa shape index (κ2) is 11.7. The quantitative estimate of drug-likeness (QED) is 0.486. The first-order chi connectivity index (χ1) is 18.6. The number of benzene rings is 1. The lowest BCUT2D eigenvalue weighted by atomic mass is 9.72. The van der Waals surface area contributed by atoms with E-state index in [2.05, 4.69) is 16.4 Å². The average molecular weight is 533 g/mol. The molecular weight excluding hydrogens is 492 g/mol. The number of methoxy groups -OCH3 is 1. The molecule has 2 N–H and O–H groups in total. The van der Waals surface area contributed by atoms with Gasteiger partial charge >= 0.3 is 5.97 Å². The third kappa shape index (κ3) is 5.79. The minimum atomic E-state index is -1.03. The normalized spacial score (nSPS) is 23.8. The number of aliphatic carboxylic acids is 1. The molecule has 1 saturated heterocycles. The van der Waals surface area contributed by atoms with Gasteiger partial charge in [-0.15, -0.1) is 0 Å². The van der Waals surface area contributed by atoms with Crippen LogP contribution in [0.5, 0.6) is 0 Å². The Morgan fingerprint density at radius 3 is 2.41 bits per heavy atom. The van der Waals surface area contributed by atoms with Gasteiger partial charge in [0.15, 0.2) is 0 Å². The summed E-state index contributed by atoms with van der Waals surface area (Å²) in [7, 11) is 1.58. The maximum atomic E-state index is 14.2. The van der Waals surface area contributed by atoms with Crippen molar-refractivity contribution in [1.29, 1.82) is 5.26 Å². The molecular formula is C31H40N4O4. The van der Waals surface area contributed by atoms with Gasteiger partial charge < -0.3 is 20.1 Å². The Morgan fingerprint density at radius 1 is 1.18 bits per heavy atom. The number of nitrogens with one attached hydrogen (secondary N) is 1. The van der Waals surface area contributed by atoms with E-state index < -0.39 is 35.4 Å². The molecule has 1 aromatic carbocycles. The molecule has 8 heteroatoms. The number of hydrogen-bond donors (Lipinski definition) is 2. The van der Waals surface area contributed by atoms with Crippen molar-refractivity contribution in [3.05, 3.63) is 58.8 Å². The van der Waals surface area contributed by atoms with Crippen LogP contribution < -0.4 is 5.32 Å². The van der Waals surface area contributed by atoms with Gasteiger partial charge in [-0.25, -0.2) is 9.78 Å². The molecule has 2 aliphatic rings. The van der Waals surface area contributed by atoms with Gasteiger partial charge in [-0.1, -0.05) is 70.4 Å². The van der Waals surface area contributed by atoms with Crippen molar-refractivity contribution in [2.75, 3.05) is 12.4 Å². The maximum Gasteiger partial charge on any atom is 0.326 e. The summed E-state index contributed by atoms with van der Waals surface area (Å²) in [4.78, 5) is 33.6. The molecule has 1 saturated carbocycles. The van der Waals surface area contributed by atoms with Gasteiger partial charge in [0.05, 0.1) is 24.3 Å². The first-order valence-corrected chi connectivity index (χ1v) is 13.8. The first kappa shape index (κ1) is 28.6. The lowest BCUT2D eigenvalue weighted by Crippen LogP contribution is -2.49. The van der Waals surface area contributed by atoms with Gasteiger partial charge in [-0.2, -0.15) is 5.26 Å². The molecule has 2 aromatic rings. The van der Waals surface area contributed by atoms with Crippen LogP contribution in [0.25, 0.3) is 0 Å². The minimum absolute atomic E-state index is 0.0905. The van der Waals surface area contributed by atoms with E-state index in [0.717, 1.165) is 43.4 Å². The van der Waals surface area contributed by atoms with Gasteiger partial charge in [0.25, 0.3) is 0 Å². The standard InChI is InChI=1S/C31H40N4O4/c1-19-16-22(18-39-5)23(17-32)28(33-19)34-25-24(31(2,3)4)27(30(37)38)35(26(25)20-12-8-6-9-13-20)29(36)21-14-10-7-11-15-21/h6,8-9,12-13,16,21,24-27H,7,10-11,14-15,18H2,1-5H3,(H,33,34)(H,37,38)/t24-,25-,26-,27-/m0/s1. The molecule has 1 aliphatic heterocycles. The van der Waals surface area contributed by atoms with E-state index in [0.29, 0.717) is 16.9 Å². The Hall–Kier alpha value is -3.44. The molecule has 1 aromatic heterocycles. The van der Waals surface area contributed by atoms with Crippen molar-refractivity contribution in [1.82, 2.24) is 9.88 Å². The van der Waals surface area contributed by atoms with Crippen molar-refractivity contribution >= 4 is 17.7 Å². The number of carbonyl (C=O) groups excluding carboxylic acids is 1. The fraction of sp³-hybridized carbons (Fsp3) is 0.548. The number of amides is 1. The number of nitriles is 1. The van der Waals surface area contributed by atoms with Crippen molar-refractivity contribution in [2.24, 2.45) is 17.3 Å². The largest absolute Gasteiger partial charge is 0.480 e. The monoisotopic (exact) mass is 532 g/mol. The summed E-state index contributed by atoms with van der Waals surface area (Å²) in [5.74, 6) is -1.37. The van der Waals surface area contributed by atoms with Crippen LogP contribution in [0.4, 0.5) is 5.82 Å². The highest BCUT2D eigenvalue weighted by atomic mass is 16.5. The van der Waals surface area contributed by atoms with Gasteiger partial charge in [0, 0.05) is 30.2 Å². The topological polar surface area (TPSA) is 116 Å². The molecule has 1 amide bonds. The zero-order chi connectivity index (χ0) is 28.3. The second-order valence-electron chi connectivity index (χ2n) is 12.0. The first-order valence-electron chi connectivity index (χ1n) is 13.8. The smallest absolute Gasteiger partial charge is 0.326 e. The lowest BCUT2D eigenvalue weighted by Gasteiger charge is -2.36. The molecule has 0 spiro atoms. The summed E-state index contributed by atoms with van der Waals surface area (Å²) in [6, 6.07) is 11.7. The molecule has 4 rings (SSSR count). The summed E-state index contributed by atoms with van der Waals surface area (Å²) in [5, 5.41) is 24.3. The van der Waals surface area contributed by atoms with Crippen LogP contribution in [0.1, 0.15) is 81.3 Å². The van der Waals surface area contributed by atoms with E-state index in [1.54, 1.807) is 12.0 Å². The Kier molecular flexibility index (Phi) is 8.60. The maximum absolute atomic E-state index is 14.2. The summed E-state index contributed by atoms with van der Waals surface area (Å²) < 4.78 is 5.34. The Morgan fingerprint density at radius 2 is 1.85 bits per heavy atom.